The molecule has 28 heteroatoms. The fourth-order valence-corrected chi connectivity index (χ4v) is 19.4. The summed E-state index contributed by atoms with van der Waals surface area (Å²) in [4.78, 5) is 0. The maximum atomic E-state index is 11.4. The van der Waals surface area contributed by atoms with Gasteiger partial charge in [-0.05, 0) is 57.8 Å². The molecule has 0 rings (SSSR count). The first-order valence-corrected chi connectivity index (χ1v) is 29.2. The van der Waals surface area contributed by atoms with E-state index in [9.17, 15) is 86.4 Å². The number of rotatable bonds is 25. The summed E-state index contributed by atoms with van der Waals surface area (Å²) >= 11 is 0. The Morgan fingerprint density at radius 1 is 0.310 bits per heavy atom. The fraction of sp³-hybridized carbons (Fsp3) is 1.00. The van der Waals surface area contributed by atoms with Crippen molar-refractivity contribution in [3.8, 4) is 0 Å². The van der Waals surface area contributed by atoms with Crippen molar-refractivity contribution in [2.45, 2.75) is 141 Å². The molecule has 10 nitrogen and oxygen atoms in total. The molecule has 58 heavy (non-hydrogen) atoms. The summed E-state index contributed by atoms with van der Waals surface area (Å²) < 4.78 is 218. The van der Waals surface area contributed by atoms with Crippen LogP contribution in [0.25, 0.3) is 8.25 Å². The second-order valence-electron chi connectivity index (χ2n) is 13.4. The van der Waals surface area contributed by atoms with Crippen molar-refractivity contribution in [1.82, 2.24) is 0 Å². The van der Waals surface area contributed by atoms with Crippen LogP contribution < -0.4 is 0 Å². The standard InChI is InChI=1S/C26H58P2.2C2F6NO4S2/c1-7-13-22-28(23-14-8-2,24-15-9-3)26-18-16-17-25-27(19-10-4,20-11-5)21-12-6;2*3-1(4,5)14(10,11)9-15(12,13)2(6,7)8/h7-26H2,1-6H3;;/q+2;2*-1. The van der Waals surface area contributed by atoms with Crippen molar-refractivity contribution < 1.29 is 86.4 Å². The monoisotopic (exact) mass is 992 g/mol. The SMILES string of the molecule is CCCC[P+](CCCC)(CCCC)CCCCC[P+](CCC)(CCC)CCC.O=S(=O)([N-]S(=O)(=O)C(F)(F)F)C(F)(F)F.O=S(=O)([N-]S(=O)(=O)C(F)(F)F)C(F)(F)F. The van der Waals surface area contributed by atoms with E-state index in [1.807, 2.05) is 0 Å². The smallest absolute Gasteiger partial charge is 0.421 e. The molecule has 0 aliphatic rings. The van der Waals surface area contributed by atoms with E-state index < -0.39 is 76.7 Å². The molecule has 0 aromatic heterocycles. The van der Waals surface area contributed by atoms with Gasteiger partial charge in [0, 0.05) is 14.5 Å². The lowest BCUT2D eigenvalue weighted by Gasteiger charge is -2.29. The molecule has 0 saturated carbocycles. The molecule has 0 aromatic rings. The highest BCUT2D eigenvalue weighted by molar-refractivity contribution is 8.13. The van der Waals surface area contributed by atoms with Crippen LogP contribution in [0.4, 0.5) is 52.7 Å². The van der Waals surface area contributed by atoms with Crippen molar-refractivity contribution in [2.75, 3.05) is 49.3 Å². The maximum Gasteiger partial charge on any atom is 0.480 e. The van der Waals surface area contributed by atoms with Crippen LogP contribution in [0, 0.1) is 0 Å². The van der Waals surface area contributed by atoms with Gasteiger partial charge in [0.05, 0.1) is 49.3 Å². The molecule has 0 spiro atoms. The summed E-state index contributed by atoms with van der Waals surface area (Å²) in [6.07, 6.45) is 30.4. The minimum Gasteiger partial charge on any atom is -0.421 e. The first-order valence-electron chi connectivity index (χ1n) is 18.4. The van der Waals surface area contributed by atoms with Crippen molar-refractivity contribution in [2.24, 2.45) is 0 Å². The molecule has 354 valence electrons. The Morgan fingerprint density at radius 2 is 0.500 bits per heavy atom. The van der Waals surface area contributed by atoms with Crippen LogP contribution in [0.5, 0.6) is 0 Å². The van der Waals surface area contributed by atoms with Crippen molar-refractivity contribution in [3.63, 3.8) is 0 Å². The summed E-state index contributed by atoms with van der Waals surface area (Å²) in [6.45, 7) is 14.5. The van der Waals surface area contributed by atoms with Crippen LogP contribution >= 0.6 is 14.5 Å². The van der Waals surface area contributed by atoms with Crippen molar-refractivity contribution in [3.05, 3.63) is 8.25 Å². The minimum absolute atomic E-state index is 0.621. The van der Waals surface area contributed by atoms with E-state index in [1.54, 1.807) is 62.1 Å². The lowest BCUT2D eigenvalue weighted by molar-refractivity contribution is -0.0456. The van der Waals surface area contributed by atoms with Gasteiger partial charge in [0.25, 0.3) is 0 Å². The highest BCUT2D eigenvalue weighted by Crippen LogP contribution is 2.62. The van der Waals surface area contributed by atoms with Crippen LogP contribution in [0.15, 0.2) is 0 Å². The van der Waals surface area contributed by atoms with E-state index in [0.29, 0.717) is 0 Å². The van der Waals surface area contributed by atoms with Crippen LogP contribution in [0.3, 0.4) is 0 Å². The minimum atomic E-state index is -6.72. The van der Waals surface area contributed by atoms with Crippen LogP contribution in [0.2, 0.25) is 0 Å². The molecule has 0 aliphatic heterocycles. The van der Waals surface area contributed by atoms with Crippen LogP contribution in [-0.2, 0) is 40.1 Å². The Balaban J connectivity index is -0.000000853. The van der Waals surface area contributed by atoms with Gasteiger partial charge in [-0.1, -0.05) is 60.8 Å². The van der Waals surface area contributed by atoms with Gasteiger partial charge in [-0.3, -0.25) is 0 Å². The molecule has 0 aromatic carbocycles. The van der Waals surface area contributed by atoms with Gasteiger partial charge >= 0.3 is 22.0 Å². The lowest BCUT2D eigenvalue weighted by Crippen LogP contribution is -2.30. The summed E-state index contributed by atoms with van der Waals surface area (Å²) in [5, 5.41) is 0. The Hall–Kier alpha value is -0.260. The zero-order valence-electron chi connectivity index (χ0n) is 33.4. The Labute approximate surface area is 338 Å². The van der Waals surface area contributed by atoms with E-state index in [-0.39, 0.29) is 0 Å². The molecule has 0 fully saturated rings. The molecule has 0 N–H and O–H groups in total. The largest absolute Gasteiger partial charge is 0.480 e. The highest BCUT2D eigenvalue weighted by Gasteiger charge is 2.48. The van der Waals surface area contributed by atoms with Gasteiger partial charge in [-0.15, -0.1) is 0 Å². The first-order chi connectivity index (χ1) is 26.0. The Morgan fingerprint density at radius 3 is 0.672 bits per heavy atom. The molecule has 0 radical (unpaired) electrons. The maximum absolute atomic E-state index is 11.4. The molecule has 0 bridgehead atoms. The number of sulfonamides is 4. The number of hydrogen-bond donors (Lipinski definition) is 0. The summed E-state index contributed by atoms with van der Waals surface area (Å²) in [5.41, 5.74) is -24.8. The predicted molar refractivity (Wildman–Crippen MR) is 209 cm³/mol. The van der Waals surface area contributed by atoms with E-state index in [2.05, 4.69) is 41.5 Å². The fourth-order valence-electron chi connectivity index (χ4n) is 5.74. The summed E-state index contributed by atoms with van der Waals surface area (Å²) in [7, 11) is -28.2. The molecule has 0 unspecified atom stereocenters. The zero-order valence-corrected chi connectivity index (χ0v) is 38.4. The highest BCUT2D eigenvalue weighted by atomic mass is 32.3. The normalized spacial score (nSPS) is 14.0. The first kappa shape index (κ1) is 62.0. The quantitative estimate of drug-likeness (QED) is 0.0495. The third-order valence-corrected chi connectivity index (χ3v) is 24.4. The van der Waals surface area contributed by atoms with Crippen molar-refractivity contribution in [1.29, 1.82) is 0 Å². The number of halogens is 12. The number of alkyl halides is 12. The zero-order chi connectivity index (χ0) is 46.6. The average Bonchev–Trinajstić information content (AvgIpc) is 3.03. The topological polar surface area (TPSA) is 165 Å². The third kappa shape index (κ3) is 23.3. The lowest BCUT2D eigenvalue weighted by atomic mass is 10.3. The Bertz CT molecular complexity index is 1380. The molecule has 0 atom stereocenters. The number of unbranched alkanes of at least 4 members (excludes halogenated alkanes) is 5. The predicted octanol–water partition coefficient (Wildman–Crippen LogP) is 11.9. The van der Waals surface area contributed by atoms with Crippen LogP contribution in [0.1, 0.15) is 119 Å². The van der Waals surface area contributed by atoms with E-state index in [4.69, 9.17) is 0 Å². The van der Waals surface area contributed by atoms with E-state index >= 15 is 0 Å². The van der Waals surface area contributed by atoms with Gasteiger partial charge < -0.3 is 8.25 Å². The van der Waals surface area contributed by atoms with Gasteiger partial charge in [0.2, 0.25) is 0 Å². The van der Waals surface area contributed by atoms with Crippen LogP contribution in [-0.4, -0.2) is 105 Å². The number of hydrogen-bond acceptors (Lipinski definition) is 8. The molecule has 0 aliphatic carbocycles. The van der Waals surface area contributed by atoms with Gasteiger partial charge in [-0.2, -0.15) is 52.7 Å². The molecule has 0 saturated heterocycles. The average molecular weight is 993 g/mol. The van der Waals surface area contributed by atoms with Gasteiger partial charge in [0.1, 0.15) is 0 Å². The Kier molecular flexibility index (Phi) is 28.2. The molecule has 0 amide bonds. The van der Waals surface area contributed by atoms with Gasteiger partial charge in [0.15, 0.2) is 40.1 Å². The second-order valence-corrected chi connectivity index (χ2v) is 29.2. The van der Waals surface area contributed by atoms with Gasteiger partial charge in [-0.25, -0.2) is 33.7 Å². The second kappa shape index (κ2) is 26.4. The molecular formula is C30H58F12N2O8P2S4. The molecule has 0 heterocycles. The number of nitrogens with zero attached hydrogens (tertiary/aromatic N) is 2. The third-order valence-electron chi connectivity index (χ3n) is 8.38. The van der Waals surface area contributed by atoms with E-state index in [1.165, 1.54) is 64.2 Å². The molecular weight excluding hydrogens is 935 g/mol. The van der Waals surface area contributed by atoms with Crippen molar-refractivity contribution >= 4 is 54.6 Å². The van der Waals surface area contributed by atoms with E-state index in [0.717, 1.165) is 8.25 Å². The summed E-state index contributed by atoms with van der Waals surface area (Å²) in [5.74, 6) is 0. The summed E-state index contributed by atoms with van der Waals surface area (Å²) in [6, 6.07) is 0.